The molecule has 1 fully saturated rings. The van der Waals surface area contributed by atoms with Crippen molar-refractivity contribution in [3.63, 3.8) is 0 Å². The lowest BCUT2D eigenvalue weighted by Crippen LogP contribution is -2.40. The maximum Gasteiger partial charge on any atom is 0.223 e. The second-order valence-electron chi connectivity index (χ2n) is 7.43. The summed E-state index contributed by atoms with van der Waals surface area (Å²) >= 11 is 0. The maximum absolute atomic E-state index is 12.4. The summed E-state index contributed by atoms with van der Waals surface area (Å²) in [7, 11) is 1.60. The number of nitrogens with one attached hydrogen (secondary N) is 2. The van der Waals surface area contributed by atoms with E-state index in [2.05, 4.69) is 32.7 Å². The molecule has 1 amide bonds. The summed E-state index contributed by atoms with van der Waals surface area (Å²) in [6.45, 7) is 5.63. The molecule has 2 heterocycles. The van der Waals surface area contributed by atoms with Gasteiger partial charge in [0, 0.05) is 50.8 Å². The van der Waals surface area contributed by atoms with Gasteiger partial charge < -0.3 is 20.3 Å². The van der Waals surface area contributed by atoms with Crippen LogP contribution >= 0.6 is 0 Å². The molecule has 30 heavy (non-hydrogen) atoms. The lowest BCUT2D eigenvalue weighted by Gasteiger charge is -2.18. The zero-order valence-electron chi connectivity index (χ0n) is 17.8. The SMILES string of the molecule is CCNC(=NCc1ccnc(OC)c1)NCC1CC(=O)N(CCc2ccccc2)C1. The first-order valence-electron chi connectivity index (χ1n) is 10.5. The summed E-state index contributed by atoms with van der Waals surface area (Å²) in [6.07, 6.45) is 3.20. The third-order valence-corrected chi connectivity index (χ3v) is 5.14. The van der Waals surface area contributed by atoms with E-state index in [0.717, 1.165) is 44.1 Å². The van der Waals surface area contributed by atoms with Gasteiger partial charge in [0.1, 0.15) is 0 Å². The van der Waals surface area contributed by atoms with Crippen molar-refractivity contribution < 1.29 is 9.53 Å². The molecule has 1 aromatic heterocycles. The van der Waals surface area contributed by atoms with E-state index in [4.69, 9.17) is 4.74 Å². The van der Waals surface area contributed by atoms with Crippen molar-refractivity contribution >= 4 is 11.9 Å². The summed E-state index contributed by atoms with van der Waals surface area (Å²) in [5.41, 5.74) is 2.29. The molecular weight excluding hydrogens is 378 g/mol. The Morgan fingerprint density at radius 1 is 1.23 bits per heavy atom. The zero-order valence-corrected chi connectivity index (χ0v) is 17.8. The maximum atomic E-state index is 12.4. The highest BCUT2D eigenvalue weighted by Gasteiger charge is 2.29. The minimum Gasteiger partial charge on any atom is -0.481 e. The highest BCUT2D eigenvalue weighted by molar-refractivity contribution is 5.81. The van der Waals surface area contributed by atoms with E-state index in [1.54, 1.807) is 13.3 Å². The van der Waals surface area contributed by atoms with Gasteiger partial charge in [-0.05, 0) is 30.5 Å². The number of guanidine groups is 1. The summed E-state index contributed by atoms with van der Waals surface area (Å²) < 4.78 is 5.16. The predicted octanol–water partition coefficient (Wildman–Crippen LogP) is 2.24. The molecular formula is C23H31N5O2. The van der Waals surface area contributed by atoms with Crippen LogP contribution in [-0.4, -0.2) is 55.0 Å². The standard InChI is InChI=1S/C23H31N5O2/c1-3-24-23(26-15-19-9-11-25-21(13-19)30-2)27-16-20-14-22(29)28(17-20)12-10-18-7-5-4-6-8-18/h4-9,11,13,20H,3,10,12,14-17H2,1-2H3,(H2,24,26,27). The number of hydrogen-bond donors (Lipinski definition) is 2. The molecule has 1 atom stereocenters. The Bertz CT molecular complexity index is 840. The number of nitrogens with zero attached hydrogens (tertiary/aromatic N) is 3. The van der Waals surface area contributed by atoms with Crippen molar-refractivity contribution in [1.29, 1.82) is 0 Å². The van der Waals surface area contributed by atoms with Crippen molar-refractivity contribution in [2.24, 2.45) is 10.9 Å². The molecule has 0 saturated carbocycles. The molecule has 0 spiro atoms. The Hall–Kier alpha value is -3.09. The first-order chi connectivity index (χ1) is 14.7. The number of carbonyl (C=O) groups is 1. The van der Waals surface area contributed by atoms with Gasteiger partial charge in [0.25, 0.3) is 0 Å². The van der Waals surface area contributed by atoms with Crippen LogP contribution in [0.1, 0.15) is 24.5 Å². The van der Waals surface area contributed by atoms with Crippen molar-refractivity contribution in [3.8, 4) is 5.88 Å². The summed E-state index contributed by atoms with van der Waals surface area (Å²) in [5, 5.41) is 6.66. The Morgan fingerprint density at radius 3 is 2.83 bits per heavy atom. The van der Waals surface area contributed by atoms with E-state index in [9.17, 15) is 4.79 Å². The van der Waals surface area contributed by atoms with E-state index in [1.807, 2.05) is 42.2 Å². The minimum atomic E-state index is 0.239. The number of pyridine rings is 1. The van der Waals surface area contributed by atoms with Crippen LogP contribution in [0.2, 0.25) is 0 Å². The minimum absolute atomic E-state index is 0.239. The van der Waals surface area contributed by atoms with Gasteiger partial charge >= 0.3 is 0 Å². The molecule has 2 aromatic rings. The number of hydrogen-bond acceptors (Lipinski definition) is 4. The van der Waals surface area contributed by atoms with Gasteiger partial charge in [-0.15, -0.1) is 0 Å². The molecule has 1 saturated heterocycles. The molecule has 0 radical (unpaired) electrons. The van der Waals surface area contributed by atoms with Gasteiger partial charge in [0.05, 0.1) is 13.7 Å². The van der Waals surface area contributed by atoms with Gasteiger partial charge in [-0.2, -0.15) is 0 Å². The third kappa shape index (κ3) is 6.47. The summed E-state index contributed by atoms with van der Waals surface area (Å²) in [4.78, 5) is 23.1. The Morgan fingerprint density at radius 2 is 2.07 bits per heavy atom. The molecule has 0 aliphatic carbocycles. The van der Waals surface area contributed by atoms with Crippen molar-refractivity contribution in [1.82, 2.24) is 20.5 Å². The molecule has 160 valence electrons. The van der Waals surface area contributed by atoms with Crippen molar-refractivity contribution in [2.45, 2.75) is 26.3 Å². The number of aliphatic imine (C=N–C) groups is 1. The molecule has 1 unspecified atom stereocenters. The molecule has 1 aliphatic rings. The van der Waals surface area contributed by atoms with Crippen LogP contribution < -0.4 is 15.4 Å². The number of aromatic nitrogens is 1. The largest absolute Gasteiger partial charge is 0.481 e. The third-order valence-electron chi connectivity index (χ3n) is 5.14. The van der Waals surface area contributed by atoms with E-state index in [1.165, 1.54) is 5.56 Å². The smallest absolute Gasteiger partial charge is 0.223 e. The summed E-state index contributed by atoms with van der Waals surface area (Å²) in [6, 6.07) is 14.1. The Labute approximate surface area is 178 Å². The quantitative estimate of drug-likeness (QED) is 0.491. The number of amides is 1. The van der Waals surface area contributed by atoms with Gasteiger partial charge in [0.2, 0.25) is 11.8 Å². The second kappa shape index (κ2) is 11.2. The molecule has 3 rings (SSSR count). The van der Waals surface area contributed by atoms with Crippen molar-refractivity contribution in [3.05, 3.63) is 59.8 Å². The number of carbonyl (C=O) groups excluding carboxylic acids is 1. The fourth-order valence-electron chi connectivity index (χ4n) is 3.53. The van der Waals surface area contributed by atoms with Crippen LogP contribution in [0.25, 0.3) is 0 Å². The predicted molar refractivity (Wildman–Crippen MR) is 118 cm³/mol. The van der Waals surface area contributed by atoms with Gasteiger partial charge in [-0.1, -0.05) is 30.3 Å². The highest BCUT2D eigenvalue weighted by atomic mass is 16.5. The van der Waals surface area contributed by atoms with E-state index in [0.29, 0.717) is 18.8 Å². The number of likely N-dealkylation sites (tertiary alicyclic amines) is 1. The van der Waals surface area contributed by atoms with Gasteiger partial charge in [-0.3, -0.25) is 4.79 Å². The topological polar surface area (TPSA) is 78.9 Å². The van der Waals surface area contributed by atoms with Crippen LogP contribution in [0.4, 0.5) is 0 Å². The van der Waals surface area contributed by atoms with Crippen LogP contribution in [0, 0.1) is 5.92 Å². The lowest BCUT2D eigenvalue weighted by molar-refractivity contribution is -0.127. The van der Waals surface area contributed by atoms with Gasteiger partial charge in [0.15, 0.2) is 5.96 Å². The normalized spacial score (nSPS) is 16.6. The zero-order chi connectivity index (χ0) is 21.2. The fourth-order valence-corrected chi connectivity index (χ4v) is 3.53. The average molecular weight is 410 g/mol. The van der Waals surface area contributed by atoms with Crippen LogP contribution in [0.3, 0.4) is 0 Å². The average Bonchev–Trinajstić information content (AvgIpc) is 3.14. The molecule has 7 nitrogen and oxygen atoms in total. The van der Waals surface area contributed by atoms with Crippen LogP contribution in [-0.2, 0) is 17.8 Å². The molecule has 1 aliphatic heterocycles. The Kier molecular flexibility index (Phi) is 8.06. The van der Waals surface area contributed by atoms with Gasteiger partial charge in [-0.25, -0.2) is 9.98 Å². The number of benzene rings is 1. The van der Waals surface area contributed by atoms with Crippen LogP contribution in [0.15, 0.2) is 53.7 Å². The monoisotopic (exact) mass is 409 g/mol. The summed E-state index contributed by atoms with van der Waals surface area (Å²) in [5.74, 6) is 1.87. The fraction of sp³-hybridized carbons (Fsp3) is 0.435. The lowest BCUT2D eigenvalue weighted by atomic mass is 10.1. The van der Waals surface area contributed by atoms with Crippen molar-refractivity contribution in [2.75, 3.05) is 33.3 Å². The first kappa shape index (κ1) is 21.6. The van der Waals surface area contributed by atoms with E-state index in [-0.39, 0.29) is 11.8 Å². The molecule has 0 bridgehead atoms. The second-order valence-corrected chi connectivity index (χ2v) is 7.43. The number of ether oxygens (including phenoxy) is 1. The van der Waals surface area contributed by atoms with E-state index >= 15 is 0 Å². The Balaban J connectivity index is 1.48. The van der Waals surface area contributed by atoms with E-state index < -0.39 is 0 Å². The molecule has 2 N–H and O–H groups in total. The molecule has 1 aromatic carbocycles. The highest BCUT2D eigenvalue weighted by Crippen LogP contribution is 2.17. The number of rotatable bonds is 9. The molecule has 7 heteroatoms. The van der Waals surface area contributed by atoms with Crippen LogP contribution in [0.5, 0.6) is 5.88 Å². The first-order valence-corrected chi connectivity index (χ1v) is 10.5. The number of methoxy groups -OCH3 is 1.